The number of hydrogen-bond donors (Lipinski definition) is 1. The molecule has 0 amide bonds. The lowest BCUT2D eigenvalue weighted by Crippen LogP contribution is -2.28. The third-order valence-electron chi connectivity index (χ3n) is 4.11. The molecule has 1 fully saturated rings. The van der Waals surface area contributed by atoms with Gasteiger partial charge in [0.1, 0.15) is 0 Å². The Balaban J connectivity index is 2.29. The van der Waals surface area contributed by atoms with E-state index >= 15 is 0 Å². The molecule has 0 atom stereocenters. The fraction of sp³-hybridized carbons (Fsp3) is 0.500. The van der Waals surface area contributed by atoms with Gasteiger partial charge in [-0.05, 0) is 44.8 Å². The fourth-order valence-corrected chi connectivity index (χ4v) is 3.25. The molecule has 3 rings (SSSR count). The standard InChI is InChI=1S/C14H17FN2OS/c1-14(2,8-4-5-8)17-11-7-12(18-3)9(15)6-10(11)16-13(17)19/h6-8H,4-5H2,1-3H3,(H,16,19). The van der Waals surface area contributed by atoms with Crippen LogP contribution in [0.15, 0.2) is 12.1 Å². The highest BCUT2D eigenvalue weighted by Crippen LogP contribution is 2.45. The van der Waals surface area contributed by atoms with Crippen molar-refractivity contribution in [3.8, 4) is 5.75 Å². The van der Waals surface area contributed by atoms with E-state index in [4.69, 9.17) is 17.0 Å². The number of rotatable bonds is 3. The highest BCUT2D eigenvalue weighted by Gasteiger charge is 2.40. The number of halogens is 1. The molecule has 5 heteroatoms. The molecule has 2 aromatic rings. The minimum absolute atomic E-state index is 0.0574. The van der Waals surface area contributed by atoms with Crippen molar-refractivity contribution in [3.05, 3.63) is 22.7 Å². The molecule has 1 aromatic heterocycles. The molecule has 3 nitrogen and oxygen atoms in total. The summed E-state index contributed by atoms with van der Waals surface area (Å²) in [6.45, 7) is 4.37. The fourth-order valence-electron chi connectivity index (χ4n) is 2.81. The number of H-pyrrole nitrogens is 1. The molecule has 1 N–H and O–H groups in total. The van der Waals surface area contributed by atoms with Gasteiger partial charge in [0.2, 0.25) is 0 Å². The molecule has 1 heterocycles. The van der Waals surface area contributed by atoms with E-state index in [0.29, 0.717) is 10.7 Å². The molecule has 1 aliphatic rings. The van der Waals surface area contributed by atoms with Gasteiger partial charge in [-0.2, -0.15) is 0 Å². The van der Waals surface area contributed by atoms with Crippen LogP contribution in [0.2, 0.25) is 0 Å². The Bertz CT molecular complexity index is 697. The number of nitrogens with zero attached hydrogens (tertiary/aromatic N) is 1. The number of aromatic nitrogens is 2. The maximum absolute atomic E-state index is 13.7. The molecule has 0 spiro atoms. The lowest BCUT2D eigenvalue weighted by molar-refractivity contribution is 0.309. The largest absolute Gasteiger partial charge is 0.494 e. The van der Waals surface area contributed by atoms with Gasteiger partial charge in [-0.15, -0.1) is 0 Å². The highest BCUT2D eigenvalue weighted by molar-refractivity contribution is 7.71. The van der Waals surface area contributed by atoms with E-state index in [1.54, 1.807) is 6.07 Å². The molecule has 1 aromatic carbocycles. The molecule has 0 saturated heterocycles. The summed E-state index contributed by atoms with van der Waals surface area (Å²) >= 11 is 5.42. The first-order chi connectivity index (χ1) is 8.95. The number of ether oxygens (including phenoxy) is 1. The van der Waals surface area contributed by atoms with Crippen LogP contribution < -0.4 is 4.74 Å². The second kappa shape index (κ2) is 4.07. The Morgan fingerprint density at radius 1 is 1.42 bits per heavy atom. The van der Waals surface area contributed by atoms with Crippen molar-refractivity contribution in [1.82, 2.24) is 9.55 Å². The third kappa shape index (κ3) is 1.87. The zero-order valence-electron chi connectivity index (χ0n) is 11.3. The van der Waals surface area contributed by atoms with Crippen LogP contribution in [0, 0.1) is 16.5 Å². The van der Waals surface area contributed by atoms with Crippen molar-refractivity contribution < 1.29 is 9.13 Å². The van der Waals surface area contributed by atoms with Crippen LogP contribution in [-0.4, -0.2) is 16.7 Å². The lowest BCUT2D eigenvalue weighted by Gasteiger charge is -2.27. The van der Waals surface area contributed by atoms with E-state index in [2.05, 4.69) is 23.4 Å². The SMILES string of the molecule is COc1cc2c(cc1F)[nH]c(=S)n2C(C)(C)C1CC1. The van der Waals surface area contributed by atoms with Crippen LogP contribution in [-0.2, 0) is 5.54 Å². The van der Waals surface area contributed by atoms with Crippen molar-refractivity contribution in [2.45, 2.75) is 32.2 Å². The lowest BCUT2D eigenvalue weighted by atomic mass is 9.98. The van der Waals surface area contributed by atoms with Crippen molar-refractivity contribution in [2.75, 3.05) is 7.11 Å². The zero-order valence-corrected chi connectivity index (χ0v) is 12.1. The number of benzene rings is 1. The maximum atomic E-state index is 13.7. The Hall–Kier alpha value is -1.36. The second-order valence-electron chi connectivity index (χ2n) is 5.70. The van der Waals surface area contributed by atoms with Gasteiger partial charge in [0.05, 0.1) is 18.1 Å². The van der Waals surface area contributed by atoms with Gasteiger partial charge in [0.25, 0.3) is 0 Å². The number of imidazole rings is 1. The molecule has 1 saturated carbocycles. The van der Waals surface area contributed by atoms with Gasteiger partial charge < -0.3 is 14.3 Å². The van der Waals surface area contributed by atoms with Crippen molar-refractivity contribution in [3.63, 3.8) is 0 Å². The summed E-state index contributed by atoms with van der Waals surface area (Å²) < 4.78 is 21.5. The van der Waals surface area contributed by atoms with Gasteiger partial charge in [-0.25, -0.2) is 4.39 Å². The smallest absolute Gasteiger partial charge is 0.178 e. The summed E-state index contributed by atoms with van der Waals surface area (Å²) in [5.74, 6) is 0.513. The average Bonchev–Trinajstić information content (AvgIpc) is 3.12. The number of methoxy groups -OCH3 is 1. The summed E-state index contributed by atoms with van der Waals surface area (Å²) in [7, 11) is 1.47. The topological polar surface area (TPSA) is 29.9 Å². The van der Waals surface area contributed by atoms with E-state index in [9.17, 15) is 4.39 Å². The predicted molar refractivity (Wildman–Crippen MR) is 75.7 cm³/mol. The van der Waals surface area contributed by atoms with Gasteiger partial charge in [-0.3, -0.25) is 0 Å². The van der Waals surface area contributed by atoms with E-state index in [1.807, 2.05) is 0 Å². The molecule has 0 aliphatic heterocycles. The van der Waals surface area contributed by atoms with Gasteiger partial charge in [0.15, 0.2) is 16.3 Å². The van der Waals surface area contributed by atoms with Crippen LogP contribution in [0.3, 0.4) is 0 Å². The van der Waals surface area contributed by atoms with Crippen molar-refractivity contribution >= 4 is 23.3 Å². The number of nitrogens with one attached hydrogen (secondary N) is 1. The van der Waals surface area contributed by atoms with Crippen LogP contribution in [0.1, 0.15) is 26.7 Å². The Kier molecular flexibility index (Phi) is 2.71. The van der Waals surface area contributed by atoms with Crippen molar-refractivity contribution in [2.24, 2.45) is 5.92 Å². The third-order valence-corrected chi connectivity index (χ3v) is 4.39. The molecular formula is C14H17FN2OS. The minimum atomic E-state index is -0.373. The number of fused-ring (bicyclic) bond motifs is 1. The highest BCUT2D eigenvalue weighted by atomic mass is 32.1. The summed E-state index contributed by atoms with van der Waals surface area (Å²) in [5.41, 5.74) is 1.57. The molecule has 0 radical (unpaired) electrons. The van der Waals surface area contributed by atoms with Gasteiger partial charge in [0, 0.05) is 17.7 Å². The predicted octanol–water partition coefficient (Wildman–Crippen LogP) is 3.99. The Labute approximate surface area is 116 Å². The van der Waals surface area contributed by atoms with E-state index in [-0.39, 0.29) is 17.1 Å². The molecule has 0 bridgehead atoms. The quantitative estimate of drug-likeness (QED) is 0.861. The zero-order chi connectivity index (χ0) is 13.8. The van der Waals surface area contributed by atoms with Gasteiger partial charge in [-0.1, -0.05) is 0 Å². The van der Waals surface area contributed by atoms with E-state index < -0.39 is 0 Å². The van der Waals surface area contributed by atoms with Crippen LogP contribution >= 0.6 is 12.2 Å². The molecule has 19 heavy (non-hydrogen) atoms. The number of aromatic amines is 1. The molecule has 1 aliphatic carbocycles. The van der Waals surface area contributed by atoms with Crippen LogP contribution in [0.4, 0.5) is 4.39 Å². The maximum Gasteiger partial charge on any atom is 0.178 e. The molecular weight excluding hydrogens is 263 g/mol. The van der Waals surface area contributed by atoms with Crippen LogP contribution in [0.5, 0.6) is 5.75 Å². The van der Waals surface area contributed by atoms with E-state index in [1.165, 1.54) is 26.0 Å². The first-order valence-electron chi connectivity index (χ1n) is 6.44. The van der Waals surface area contributed by atoms with Gasteiger partial charge >= 0.3 is 0 Å². The minimum Gasteiger partial charge on any atom is -0.494 e. The summed E-state index contributed by atoms with van der Waals surface area (Å²) in [6, 6.07) is 3.17. The Morgan fingerprint density at radius 2 is 2.11 bits per heavy atom. The summed E-state index contributed by atoms with van der Waals surface area (Å²) in [6.07, 6.45) is 2.44. The van der Waals surface area contributed by atoms with Crippen LogP contribution in [0.25, 0.3) is 11.0 Å². The molecule has 0 unspecified atom stereocenters. The number of hydrogen-bond acceptors (Lipinski definition) is 2. The van der Waals surface area contributed by atoms with E-state index in [0.717, 1.165) is 11.0 Å². The average molecular weight is 280 g/mol. The summed E-state index contributed by atoms with van der Waals surface area (Å²) in [4.78, 5) is 3.09. The normalized spacial score (nSPS) is 16.0. The second-order valence-corrected chi connectivity index (χ2v) is 6.08. The summed E-state index contributed by atoms with van der Waals surface area (Å²) in [5, 5.41) is 0. The Morgan fingerprint density at radius 3 is 2.68 bits per heavy atom. The van der Waals surface area contributed by atoms with Crippen molar-refractivity contribution in [1.29, 1.82) is 0 Å². The first-order valence-corrected chi connectivity index (χ1v) is 6.84. The monoisotopic (exact) mass is 280 g/mol. The molecule has 102 valence electrons. The first kappa shape index (κ1) is 12.7.